The number of nitrogens with one attached hydrogen (secondary N) is 1. The van der Waals surface area contributed by atoms with Crippen LogP contribution in [-0.2, 0) is 22.5 Å². The Morgan fingerprint density at radius 2 is 1.67 bits per heavy atom. The summed E-state index contributed by atoms with van der Waals surface area (Å²) in [5, 5.41) is 12.2. The number of hydrogen-bond donors (Lipinski definition) is 2. The monoisotopic (exact) mass is 610 g/mol. The molecule has 9 heteroatoms. The van der Waals surface area contributed by atoms with E-state index in [0.29, 0.717) is 47.5 Å². The summed E-state index contributed by atoms with van der Waals surface area (Å²) in [5.41, 5.74) is 1.78. The minimum Gasteiger partial charge on any atom is -0.497 e. The van der Waals surface area contributed by atoms with Crippen molar-refractivity contribution in [1.82, 2.24) is 5.32 Å². The number of aliphatic imine (C=N–C) groups is 1. The van der Waals surface area contributed by atoms with Crippen molar-refractivity contribution in [2.75, 3.05) is 34.5 Å². The number of hydrogen-bond acceptors (Lipinski definition) is 8. The second-order valence-electron chi connectivity index (χ2n) is 10.6. The lowest BCUT2D eigenvalue weighted by molar-refractivity contribution is -0.129. The fraction of sp³-hybridized carbons (Fsp3) is 0.278. The third-order valence-corrected chi connectivity index (χ3v) is 7.67. The van der Waals surface area contributed by atoms with Crippen LogP contribution >= 0.6 is 0 Å². The Morgan fingerprint density at radius 3 is 2.38 bits per heavy atom. The standard InChI is InChI=1S/C36H38N2O7/c1-41-30-14-7-12-27(22-30)33-36(23-25-10-5-4-6-11-25,35(40)37-24-28-13-8-15-31(42-2)32(28)43-3)38-34(45-33)26-16-18-29(19-17-26)44-21-9-20-39/h4-8,10-19,22,33,39H,9,20-21,23-24H2,1-3H3,(H,37,40)/t33-,36-/m1/s1. The van der Waals surface area contributed by atoms with Gasteiger partial charge in [0.1, 0.15) is 11.5 Å². The fourth-order valence-corrected chi connectivity index (χ4v) is 5.42. The highest BCUT2D eigenvalue weighted by Crippen LogP contribution is 2.43. The molecule has 0 saturated heterocycles. The quantitative estimate of drug-likeness (QED) is 0.187. The number of methoxy groups -OCH3 is 3. The van der Waals surface area contributed by atoms with Crippen molar-refractivity contribution in [3.8, 4) is 23.0 Å². The predicted molar refractivity (Wildman–Crippen MR) is 171 cm³/mol. The molecule has 1 aliphatic heterocycles. The average molecular weight is 611 g/mol. The molecule has 0 bridgehead atoms. The summed E-state index contributed by atoms with van der Waals surface area (Å²) in [6.45, 7) is 0.652. The number of aliphatic hydroxyl groups is 1. The summed E-state index contributed by atoms with van der Waals surface area (Å²) in [6, 6.07) is 30.2. The third kappa shape index (κ3) is 7.05. The second-order valence-corrected chi connectivity index (χ2v) is 10.6. The van der Waals surface area contributed by atoms with Crippen LogP contribution in [0.25, 0.3) is 0 Å². The van der Waals surface area contributed by atoms with Gasteiger partial charge in [0.05, 0.1) is 27.9 Å². The van der Waals surface area contributed by atoms with Crippen LogP contribution in [0.3, 0.4) is 0 Å². The van der Waals surface area contributed by atoms with Crippen LogP contribution in [-0.4, -0.2) is 57.0 Å². The number of amides is 1. The van der Waals surface area contributed by atoms with Crippen LogP contribution in [0.1, 0.15) is 34.8 Å². The van der Waals surface area contributed by atoms with Crippen LogP contribution < -0.4 is 24.3 Å². The molecule has 9 nitrogen and oxygen atoms in total. The Hall–Kier alpha value is -5.02. The van der Waals surface area contributed by atoms with Crippen molar-refractivity contribution in [2.45, 2.75) is 31.0 Å². The van der Waals surface area contributed by atoms with Crippen molar-refractivity contribution < 1.29 is 33.6 Å². The van der Waals surface area contributed by atoms with Crippen molar-refractivity contribution in [1.29, 1.82) is 0 Å². The molecular formula is C36H38N2O7. The van der Waals surface area contributed by atoms with Crippen LogP contribution in [0.2, 0.25) is 0 Å². The average Bonchev–Trinajstić information content (AvgIpc) is 3.48. The molecule has 0 aliphatic carbocycles. The van der Waals surface area contributed by atoms with Gasteiger partial charge in [0.15, 0.2) is 23.1 Å². The van der Waals surface area contributed by atoms with Gasteiger partial charge in [0.2, 0.25) is 5.90 Å². The number of carbonyl (C=O) groups is 1. The summed E-state index contributed by atoms with van der Waals surface area (Å²) >= 11 is 0. The zero-order valence-corrected chi connectivity index (χ0v) is 25.7. The Kier molecular flexibility index (Phi) is 10.2. The number of carbonyl (C=O) groups excluding carboxylic acids is 1. The van der Waals surface area contributed by atoms with E-state index in [2.05, 4.69) is 5.32 Å². The molecule has 1 aliphatic rings. The van der Waals surface area contributed by atoms with Crippen LogP contribution in [0, 0.1) is 0 Å². The maximum Gasteiger partial charge on any atom is 0.252 e. The first-order valence-corrected chi connectivity index (χ1v) is 14.8. The van der Waals surface area contributed by atoms with Gasteiger partial charge < -0.3 is 34.1 Å². The molecule has 0 spiro atoms. The van der Waals surface area contributed by atoms with E-state index in [0.717, 1.165) is 16.7 Å². The minimum absolute atomic E-state index is 0.0601. The number of nitrogens with zero attached hydrogens (tertiary/aromatic N) is 1. The van der Waals surface area contributed by atoms with Crippen molar-refractivity contribution in [2.24, 2.45) is 4.99 Å². The van der Waals surface area contributed by atoms with Gasteiger partial charge >= 0.3 is 0 Å². The third-order valence-electron chi connectivity index (χ3n) is 7.67. The Morgan fingerprint density at radius 1 is 0.889 bits per heavy atom. The van der Waals surface area contributed by atoms with E-state index < -0.39 is 11.6 Å². The first kappa shape index (κ1) is 31.4. The summed E-state index contributed by atoms with van der Waals surface area (Å²) in [6.07, 6.45) is 0.0526. The first-order chi connectivity index (χ1) is 22.0. The van der Waals surface area contributed by atoms with E-state index in [1.165, 1.54) is 0 Å². The zero-order chi connectivity index (χ0) is 31.6. The van der Waals surface area contributed by atoms with Crippen molar-refractivity contribution in [3.63, 3.8) is 0 Å². The molecule has 2 atom stereocenters. The molecule has 5 rings (SSSR count). The first-order valence-electron chi connectivity index (χ1n) is 14.8. The van der Waals surface area contributed by atoms with E-state index in [4.69, 9.17) is 33.8 Å². The van der Waals surface area contributed by atoms with Gasteiger partial charge in [-0.3, -0.25) is 4.79 Å². The number of rotatable bonds is 14. The van der Waals surface area contributed by atoms with E-state index in [1.54, 1.807) is 21.3 Å². The second kappa shape index (κ2) is 14.6. The maximum absolute atomic E-state index is 14.6. The van der Waals surface area contributed by atoms with Gasteiger partial charge in [-0.15, -0.1) is 0 Å². The Labute approximate surface area is 263 Å². The normalized spacial score (nSPS) is 17.2. The lowest BCUT2D eigenvalue weighted by Crippen LogP contribution is -2.49. The van der Waals surface area contributed by atoms with E-state index >= 15 is 0 Å². The topological polar surface area (TPSA) is 108 Å². The molecule has 1 heterocycles. The zero-order valence-electron chi connectivity index (χ0n) is 25.7. The highest BCUT2D eigenvalue weighted by atomic mass is 16.5. The Balaban J connectivity index is 1.56. The molecule has 1 amide bonds. The predicted octanol–water partition coefficient (Wildman–Crippen LogP) is 5.29. The van der Waals surface area contributed by atoms with Gasteiger partial charge in [-0.25, -0.2) is 4.99 Å². The van der Waals surface area contributed by atoms with E-state index in [1.807, 2.05) is 97.1 Å². The highest BCUT2D eigenvalue weighted by Gasteiger charge is 2.53. The fourth-order valence-electron chi connectivity index (χ4n) is 5.42. The molecule has 0 aromatic heterocycles. The van der Waals surface area contributed by atoms with Gasteiger partial charge in [0, 0.05) is 37.1 Å². The van der Waals surface area contributed by atoms with Gasteiger partial charge in [-0.2, -0.15) is 0 Å². The lowest BCUT2D eigenvalue weighted by atomic mass is 9.82. The minimum atomic E-state index is -1.37. The smallest absolute Gasteiger partial charge is 0.252 e. The molecular weight excluding hydrogens is 572 g/mol. The molecule has 0 fully saturated rings. The van der Waals surface area contributed by atoms with Crippen molar-refractivity contribution in [3.05, 3.63) is 119 Å². The molecule has 0 saturated carbocycles. The molecule has 4 aromatic rings. The number of aliphatic hydroxyl groups excluding tert-OH is 1. The van der Waals surface area contributed by atoms with Crippen LogP contribution in [0.4, 0.5) is 0 Å². The SMILES string of the molecule is COc1cccc([C@H]2OC(c3ccc(OCCCO)cc3)=N[C@@]2(Cc2ccccc2)C(=O)NCc2cccc(OC)c2OC)c1. The highest BCUT2D eigenvalue weighted by molar-refractivity contribution is 6.01. The van der Waals surface area contributed by atoms with Gasteiger partial charge in [-0.05, 0) is 53.6 Å². The molecule has 2 N–H and O–H groups in total. The Bertz CT molecular complexity index is 1610. The van der Waals surface area contributed by atoms with E-state index in [-0.39, 0.29) is 25.5 Å². The number of benzene rings is 4. The van der Waals surface area contributed by atoms with Crippen LogP contribution in [0.5, 0.6) is 23.0 Å². The van der Waals surface area contributed by atoms with Gasteiger partial charge in [0.25, 0.3) is 5.91 Å². The molecule has 0 radical (unpaired) electrons. The van der Waals surface area contributed by atoms with Crippen molar-refractivity contribution >= 4 is 11.8 Å². The largest absolute Gasteiger partial charge is 0.497 e. The number of para-hydroxylation sites is 1. The molecule has 0 unspecified atom stereocenters. The molecule has 4 aromatic carbocycles. The van der Waals surface area contributed by atoms with E-state index in [9.17, 15) is 4.79 Å². The molecule has 234 valence electrons. The maximum atomic E-state index is 14.6. The summed E-state index contributed by atoms with van der Waals surface area (Å²) < 4.78 is 28.9. The lowest BCUT2D eigenvalue weighted by Gasteiger charge is -2.31. The van der Waals surface area contributed by atoms with Crippen LogP contribution in [0.15, 0.2) is 102 Å². The number of ether oxygens (including phenoxy) is 5. The summed E-state index contributed by atoms with van der Waals surface area (Å²) in [7, 11) is 4.75. The molecule has 45 heavy (non-hydrogen) atoms. The van der Waals surface area contributed by atoms with Gasteiger partial charge in [-0.1, -0.05) is 54.6 Å². The summed E-state index contributed by atoms with van der Waals surface area (Å²) in [5.74, 6) is 2.47. The summed E-state index contributed by atoms with van der Waals surface area (Å²) in [4.78, 5) is 19.7.